The summed E-state index contributed by atoms with van der Waals surface area (Å²) >= 11 is 1.71. The van der Waals surface area contributed by atoms with E-state index in [1.165, 1.54) is 5.56 Å². The van der Waals surface area contributed by atoms with E-state index in [-0.39, 0.29) is 6.04 Å². The molecule has 7 nitrogen and oxygen atoms in total. The molecule has 3 heterocycles. The quantitative estimate of drug-likeness (QED) is 0.640. The predicted octanol–water partition coefficient (Wildman–Crippen LogP) is 1.28. The fourth-order valence-electron chi connectivity index (χ4n) is 2.90. The van der Waals surface area contributed by atoms with E-state index >= 15 is 0 Å². The van der Waals surface area contributed by atoms with Crippen molar-refractivity contribution in [1.29, 1.82) is 0 Å². The average Bonchev–Trinajstić information content (AvgIpc) is 3.16. The van der Waals surface area contributed by atoms with Crippen molar-refractivity contribution in [3.05, 3.63) is 40.8 Å². The Morgan fingerprint density at radius 3 is 2.60 bits per heavy atom. The van der Waals surface area contributed by atoms with E-state index in [1.54, 1.807) is 23.7 Å². The zero-order valence-electron chi connectivity index (χ0n) is 14.7. The van der Waals surface area contributed by atoms with E-state index in [9.17, 15) is 0 Å². The van der Waals surface area contributed by atoms with Gasteiger partial charge in [-0.3, -0.25) is 4.99 Å². The van der Waals surface area contributed by atoms with Gasteiger partial charge in [0, 0.05) is 38.6 Å². The lowest BCUT2D eigenvalue weighted by molar-refractivity contribution is 0.304. The summed E-state index contributed by atoms with van der Waals surface area (Å²) in [6, 6.07) is 4.24. The SMILES string of the molecule is CN(C)C(CN=C(N)N1CCN(c2ncccn2)CC1)c1ccsc1. The highest BCUT2D eigenvalue weighted by Crippen LogP contribution is 2.21. The number of hydrogen-bond donors (Lipinski definition) is 1. The van der Waals surface area contributed by atoms with Crippen LogP contribution >= 0.6 is 11.3 Å². The smallest absolute Gasteiger partial charge is 0.225 e. The van der Waals surface area contributed by atoms with Crippen LogP contribution in [0, 0.1) is 0 Å². The van der Waals surface area contributed by atoms with Crippen LogP contribution in [0.1, 0.15) is 11.6 Å². The van der Waals surface area contributed by atoms with E-state index in [0.29, 0.717) is 12.5 Å². The van der Waals surface area contributed by atoms with Crippen molar-refractivity contribution >= 4 is 23.2 Å². The van der Waals surface area contributed by atoms with Gasteiger partial charge in [0.2, 0.25) is 5.95 Å². The van der Waals surface area contributed by atoms with Crippen molar-refractivity contribution in [2.24, 2.45) is 10.7 Å². The van der Waals surface area contributed by atoms with E-state index in [1.807, 2.05) is 6.07 Å². The lowest BCUT2D eigenvalue weighted by atomic mass is 10.1. The summed E-state index contributed by atoms with van der Waals surface area (Å²) in [5, 5.41) is 4.28. The maximum absolute atomic E-state index is 6.24. The molecule has 0 spiro atoms. The van der Waals surface area contributed by atoms with Gasteiger partial charge in [0.05, 0.1) is 12.6 Å². The maximum atomic E-state index is 6.24. The third kappa shape index (κ3) is 4.46. The van der Waals surface area contributed by atoms with Crippen LogP contribution in [-0.4, -0.2) is 72.5 Å². The first kappa shape index (κ1) is 17.6. The van der Waals surface area contributed by atoms with Gasteiger partial charge in [-0.1, -0.05) is 0 Å². The lowest BCUT2D eigenvalue weighted by Gasteiger charge is -2.35. The summed E-state index contributed by atoms with van der Waals surface area (Å²) < 4.78 is 0. The molecule has 0 aliphatic carbocycles. The van der Waals surface area contributed by atoms with E-state index in [4.69, 9.17) is 5.73 Å². The second kappa shape index (κ2) is 8.26. The molecule has 134 valence electrons. The third-order valence-corrected chi connectivity index (χ3v) is 5.12. The summed E-state index contributed by atoms with van der Waals surface area (Å²) in [6.07, 6.45) is 3.55. The highest BCUT2D eigenvalue weighted by Gasteiger charge is 2.20. The van der Waals surface area contributed by atoms with Gasteiger partial charge in [0.15, 0.2) is 5.96 Å². The predicted molar refractivity (Wildman–Crippen MR) is 103 cm³/mol. The molecule has 2 aromatic heterocycles. The number of likely N-dealkylation sites (N-methyl/N-ethyl adjacent to an activating group) is 1. The molecular weight excluding hydrogens is 334 g/mol. The number of aromatic nitrogens is 2. The third-order valence-electron chi connectivity index (χ3n) is 4.42. The first-order chi connectivity index (χ1) is 12.1. The Morgan fingerprint density at radius 2 is 2.00 bits per heavy atom. The van der Waals surface area contributed by atoms with Crippen molar-refractivity contribution < 1.29 is 0 Å². The number of nitrogens with two attached hydrogens (primary N) is 1. The monoisotopic (exact) mass is 359 g/mol. The highest BCUT2D eigenvalue weighted by atomic mass is 32.1. The van der Waals surface area contributed by atoms with Crippen LogP contribution in [-0.2, 0) is 0 Å². The molecule has 8 heteroatoms. The number of rotatable bonds is 5. The molecule has 2 aromatic rings. The van der Waals surface area contributed by atoms with E-state index in [0.717, 1.165) is 32.1 Å². The summed E-state index contributed by atoms with van der Waals surface area (Å²) in [6.45, 7) is 4.03. The fraction of sp³-hybridized carbons (Fsp3) is 0.471. The van der Waals surface area contributed by atoms with Crippen LogP contribution in [0.5, 0.6) is 0 Å². The van der Waals surface area contributed by atoms with Gasteiger partial charge in [-0.15, -0.1) is 0 Å². The van der Waals surface area contributed by atoms with Crippen LogP contribution in [0.4, 0.5) is 5.95 Å². The molecule has 1 aliphatic heterocycles. The highest BCUT2D eigenvalue weighted by molar-refractivity contribution is 7.07. The number of aliphatic imine (C=N–C) groups is 1. The molecule has 2 N–H and O–H groups in total. The zero-order valence-corrected chi connectivity index (χ0v) is 15.6. The molecule has 3 rings (SSSR count). The van der Waals surface area contributed by atoms with Gasteiger partial charge < -0.3 is 20.4 Å². The number of guanidine groups is 1. The lowest BCUT2D eigenvalue weighted by Crippen LogP contribution is -2.51. The molecule has 0 radical (unpaired) electrons. The van der Waals surface area contributed by atoms with Crippen molar-refractivity contribution in [2.45, 2.75) is 6.04 Å². The Morgan fingerprint density at radius 1 is 1.28 bits per heavy atom. The van der Waals surface area contributed by atoms with Crippen LogP contribution in [0.15, 0.2) is 40.3 Å². The minimum Gasteiger partial charge on any atom is -0.370 e. The molecule has 0 amide bonds. The summed E-state index contributed by atoms with van der Waals surface area (Å²) in [5.74, 6) is 1.40. The topological polar surface area (TPSA) is 73.9 Å². The standard InChI is InChI=1S/C17H25N7S/c1-22(2)15(14-4-11-25-13-14)12-21-16(18)23-7-9-24(10-8-23)17-19-5-3-6-20-17/h3-6,11,13,15H,7-10,12H2,1-2H3,(H2,18,21). The Balaban J connectivity index is 1.56. The van der Waals surface area contributed by atoms with Gasteiger partial charge >= 0.3 is 0 Å². The second-order valence-electron chi connectivity index (χ2n) is 6.26. The van der Waals surface area contributed by atoms with Crippen LogP contribution in [0.3, 0.4) is 0 Å². The maximum Gasteiger partial charge on any atom is 0.225 e. The first-order valence-electron chi connectivity index (χ1n) is 8.40. The summed E-state index contributed by atoms with van der Waals surface area (Å²) in [5.41, 5.74) is 7.53. The molecular formula is C17H25N7S. The Hall–Kier alpha value is -2.19. The summed E-state index contributed by atoms with van der Waals surface area (Å²) in [7, 11) is 4.15. The van der Waals surface area contributed by atoms with Gasteiger partial charge in [0.1, 0.15) is 0 Å². The molecule has 1 atom stereocenters. The first-order valence-corrected chi connectivity index (χ1v) is 9.35. The Labute approximate surface area is 152 Å². The average molecular weight is 360 g/mol. The van der Waals surface area contributed by atoms with E-state index < -0.39 is 0 Å². The Kier molecular flexibility index (Phi) is 5.83. The summed E-state index contributed by atoms with van der Waals surface area (Å²) in [4.78, 5) is 19.8. The number of piperazine rings is 1. The molecule has 25 heavy (non-hydrogen) atoms. The molecule has 1 unspecified atom stereocenters. The van der Waals surface area contributed by atoms with Gasteiger partial charge in [-0.25, -0.2) is 9.97 Å². The molecule has 0 aromatic carbocycles. The number of nitrogens with zero attached hydrogens (tertiary/aromatic N) is 6. The molecule has 0 bridgehead atoms. The van der Waals surface area contributed by atoms with Crippen LogP contribution in [0.25, 0.3) is 0 Å². The molecule has 0 saturated carbocycles. The normalized spacial score (nSPS) is 17.2. The molecule has 1 fully saturated rings. The van der Waals surface area contributed by atoms with Crippen molar-refractivity contribution in [2.75, 3.05) is 51.7 Å². The fourth-order valence-corrected chi connectivity index (χ4v) is 3.61. The molecule has 1 saturated heterocycles. The number of thiophene rings is 1. The van der Waals surface area contributed by atoms with E-state index in [2.05, 4.69) is 60.6 Å². The van der Waals surface area contributed by atoms with Gasteiger partial charge in [-0.2, -0.15) is 11.3 Å². The number of hydrogen-bond acceptors (Lipinski definition) is 6. The second-order valence-corrected chi connectivity index (χ2v) is 7.04. The van der Waals surface area contributed by atoms with Gasteiger partial charge in [0.25, 0.3) is 0 Å². The van der Waals surface area contributed by atoms with Crippen molar-refractivity contribution in [3.63, 3.8) is 0 Å². The molecule has 1 aliphatic rings. The minimum absolute atomic E-state index is 0.254. The van der Waals surface area contributed by atoms with Crippen LogP contribution < -0.4 is 10.6 Å². The van der Waals surface area contributed by atoms with Crippen molar-refractivity contribution in [3.8, 4) is 0 Å². The Bertz CT molecular complexity index is 664. The van der Waals surface area contributed by atoms with Crippen LogP contribution in [0.2, 0.25) is 0 Å². The number of anilines is 1. The largest absolute Gasteiger partial charge is 0.370 e. The minimum atomic E-state index is 0.254. The zero-order chi connectivity index (χ0) is 17.6. The van der Waals surface area contributed by atoms with Gasteiger partial charge in [-0.05, 0) is 42.6 Å². The van der Waals surface area contributed by atoms with Crippen molar-refractivity contribution in [1.82, 2.24) is 19.8 Å².